The molecule has 0 aliphatic rings. The number of rotatable bonds is 5. The van der Waals surface area contributed by atoms with Crippen molar-refractivity contribution in [2.75, 3.05) is 11.9 Å². The molecule has 0 aliphatic carbocycles. The maximum absolute atomic E-state index is 11.6. The molecule has 16 heavy (non-hydrogen) atoms. The Kier molecular flexibility index (Phi) is 9.28. The average molecular weight is 295 g/mol. The predicted octanol–water partition coefficient (Wildman–Crippen LogP) is 4.41. The maximum Gasteiger partial charge on any atom is 0.311 e. The van der Waals surface area contributed by atoms with Gasteiger partial charge in [0.1, 0.15) is 0 Å². The molecule has 98 valence electrons. The normalized spacial score (nSPS) is 11.5. The van der Waals surface area contributed by atoms with Crippen LogP contribution in [0.4, 0.5) is 0 Å². The van der Waals surface area contributed by atoms with E-state index in [1.54, 1.807) is 0 Å². The summed E-state index contributed by atoms with van der Waals surface area (Å²) >= 11 is 3.46. The molecule has 0 aromatic heterocycles. The highest BCUT2D eigenvalue weighted by Gasteiger charge is 2.35. The maximum atomic E-state index is 11.6. The lowest BCUT2D eigenvalue weighted by molar-refractivity contribution is -0.155. The van der Waals surface area contributed by atoms with Gasteiger partial charge in [0.25, 0.3) is 0 Å². The summed E-state index contributed by atoms with van der Waals surface area (Å²) in [6, 6.07) is 0. The zero-order valence-corrected chi connectivity index (χ0v) is 13.4. The minimum absolute atomic E-state index is 0.103. The van der Waals surface area contributed by atoms with E-state index in [0.717, 1.165) is 11.8 Å². The minimum atomic E-state index is -0.396. The fourth-order valence-electron chi connectivity index (χ4n) is 1.64. The van der Waals surface area contributed by atoms with Crippen LogP contribution in [0.25, 0.3) is 0 Å². The first kappa shape index (κ1) is 18.3. The van der Waals surface area contributed by atoms with Gasteiger partial charge in [-0.25, -0.2) is 0 Å². The van der Waals surface area contributed by atoms with Gasteiger partial charge in [-0.15, -0.1) is 0 Å². The lowest BCUT2D eigenvalue weighted by Crippen LogP contribution is -2.32. The van der Waals surface area contributed by atoms with Gasteiger partial charge in [0.05, 0.1) is 12.0 Å². The first-order chi connectivity index (χ1) is 7.25. The molecule has 0 aromatic carbocycles. The molecule has 0 spiro atoms. The standard InChI is InChI=1S/C11H21BrO2.C2H6/c1-6-14-9(13)11(4,5)7-10(2,3)8-12;1-2/h6-8H2,1-5H3;1-2H3. The van der Waals surface area contributed by atoms with Crippen LogP contribution in [-0.4, -0.2) is 17.9 Å². The zero-order valence-electron chi connectivity index (χ0n) is 11.8. The summed E-state index contributed by atoms with van der Waals surface area (Å²) in [7, 11) is 0. The van der Waals surface area contributed by atoms with Crippen LogP contribution in [0.3, 0.4) is 0 Å². The van der Waals surface area contributed by atoms with Crippen molar-refractivity contribution in [2.24, 2.45) is 10.8 Å². The molecule has 0 rings (SSSR count). The second kappa shape index (κ2) is 8.10. The van der Waals surface area contributed by atoms with Crippen molar-refractivity contribution in [3.05, 3.63) is 0 Å². The highest BCUT2D eigenvalue weighted by Crippen LogP contribution is 2.35. The first-order valence-corrected chi connectivity index (χ1v) is 7.10. The molecule has 0 amide bonds. The first-order valence-electron chi connectivity index (χ1n) is 5.98. The Morgan fingerprint density at radius 1 is 1.19 bits per heavy atom. The Morgan fingerprint density at radius 2 is 1.62 bits per heavy atom. The minimum Gasteiger partial charge on any atom is -0.466 e. The number of halogens is 1. The van der Waals surface area contributed by atoms with Gasteiger partial charge in [-0.05, 0) is 32.6 Å². The van der Waals surface area contributed by atoms with Gasteiger partial charge in [0.2, 0.25) is 0 Å². The molecule has 0 radical (unpaired) electrons. The molecule has 0 bridgehead atoms. The number of carbonyl (C=O) groups excluding carboxylic acids is 1. The van der Waals surface area contributed by atoms with Gasteiger partial charge in [0, 0.05) is 5.33 Å². The van der Waals surface area contributed by atoms with Gasteiger partial charge in [-0.2, -0.15) is 0 Å². The third-order valence-corrected chi connectivity index (χ3v) is 3.63. The summed E-state index contributed by atoms with van der Waals surface area (Å²) in [4.78, 5) is 11.6. The van der Waals surface area contributed by atoms with E-state index in [0.29, 0.717) is 6.61 Å². The van der Waals surface area contributed by atoms with Crippen molar-refractivity contribution in [3.63, 3.8) is 0 Å². The van der Waals surface area contributed by atoms with Crippen LogP contribution in [0.5, 0.6) is 0 Å². The summed E-state index contributed by atoms with van der Waals surface area (Å²) < 4.78 is 5.04. The van der Waals surface area contributed by atoms with E-state index in [2.05, 4.69) is 29.8 Å². The molecule has 0 aromatic rings. The number of alkyl halides is 1. The third-order valence-electron chi connectivity index (χ3n) is 2.11. The molecule has 0 N–H and O–H groups in total. The Labute approximate surface area is 109 Å². The third kappa shape index (κ3) is 7.26. The second-order valence-corrected chi connectivity index (χ2v) is 5.64. The van der Waals surface area contributed by atoms with E-state index in [9.17, 15) is 4.79 Å². The van der Waals surface area contributed by atoms with Crippen LogP contribution in [-0.2, 0) is 9.53 Å². The van der Waals surface area contributed by atoms with E-state index in [-0.39, 0.29) is 11.4 Å². The van der Waals surface area contributed by atoms with Crippen molar-refractivity contribution < 1.29 is 9.53 Å². The van der Waals surface area contributed by atoms with E-state index < -0.39 is 5.41 Å². The van der Waals surface area contributed by atoms with E-state index in [4.69, 9.17) is 4.74 Å². The van der Waals surface area contributed by atoms with E-state index in [1.807, 2.05) is 34.6 Å². The molecule has 2 nitrogen and oxygen atoms in total. The fraction of sp³-hybridized carbons (Fsp3) is 0.923. The van der Waals surface area contributed by atoms with Gasteiger partial charge in [0.15, 0.2) is 0 Å². The average Bonchev–Trinajstić information content (AvgIpc) is 2.20. The van der Waals surface area contributed by atoms with Gasteiger partial charge < -0.3 is 4.74 Å². The second-order valence-electron chi connectivity index (χ2n) is 5.08. The molecule has 0 unspecified atom stereocenters. The molecule has 0 atom stereocenters. The number of hydrogen-bond acceptors (Lipinski definition) is 2. The Hall–Kier alpha value is -0.0500. The van der Waals surface area contributed by atoms with Crippen LogP contribution in [0.2, 0.25) is 0 Å². The highest BCUT2D eigenvalue weighted by atomic mass is 79.9. The molecule has 0 heterocycles. The van der Waals surface area contributed by atoms with Crippen LogP contribution < -0.4 is 0 Å². The van der Waals surface area contributed by atoms with Crippen LogP contribution >= 0.6 is 15.9 Å². The van der Waals surface area contributed by atoms with Gasteiger partial charge >= 0.3 is 5.97 Å². The van der Waals surface area contributed by atoms with Crippen molar-refractivity contribution in [1.82, 2.24) is 0 Å². The zero-order chi connectivity index (χ0) is 13.4. The lowest BCUT2D eigenvalue weighted by atomic mass is 9.76. The summed E-state index contributed by atoms with van der Waals surface area (Å²) in [5, 5.41) is 0.892. The van der Waals surface area contributed by atoms with Crippen LogP contribution in [0.15, 0.2) is 0 Å². The summed E-state index contributed by atoms with van der Waals surface area (Å²) in [5.41, 5.74) is -0.274. The quantitative estimate of drug-likeness (QED) is 0.554. The number of carbonyl (C=O) groups is 1. The number of hydrogen-bond donors (Lipinski definition) is 0. The molecule has 0 saturated heterocycles. The predicted molar refractivity (Wildman–Crippen MR) is 74.0 cm³/mol. The highest BCUT2D eigenvalue weighted by molar-refractivity contribution is 9.09. The molecular formula is C13H27BrO2. The van der Waals surface area contributed by atoms with E-state index in [1.165, 1.54) is 0 Å². The van der Waals surface area contributed by atoms with Crippen molar-refractivity contribution in [3.8, 4) is 0 Å². The van der Waals surface area contributed by atoms with Crippen LogP contribution in [0.1, 0.15) is 54.9 Å². The molecule has 0 aliphatic heterocycles. The molecule has 0 saturated carbocycles. The molecule has 0 fully saturated rings. The SMILES string of the molecule is CC.CCOC(=O)C(C)(C)CC(C)(C)CBr. The number of ether oxygens (including phenoxy) is 1. The fourth-order valence-corrected chi connectivity index (χ4v) is 1.84. The Balaban J connectivity index is 0. The Morgan fingerprint density at radius 3 is 1.94 bits per heavy atom. The van der Waals surface area contributed by atoms with Gasteiger partial charge in [-0.1, -0.05) is 43.6 Å². The number of esters is 1. The van der Waals surface area contributed by atoms with Crippen molar-refractivity contribution in [1.29, 1.82) is 0 Å². The van der Waals surface area contributed by atoms with Crippen molar-refractivity contribution >= 4 is 21.9 Å². The van der Waals surface area contributed by atoms with Crippen LogP contribution in [0, 0.1) is 10.8 Å². The topological polar surface area (TPSA) is 26.3 Å². The summed E-state index contributed by atoms with van der Waals surface area (Å²) in [5.74, 6) is -0.103. The molecule has 3 heteroatoms. The van der Waals surface area contributed by atoms with Gasteiger partial charge in [-0.3, -0.25) is 4.79 Å². The summed E-state index contributed by atoms with van der Waals surface area (Å²) in [6.45, 7) is 14.5. The largest absolute Gasteiger partial charge is 0.466 e. The summed E-state index contributed by atoms with van der Waals surface area (Å²) in [6.07, 6.45) is 0.823. The molecular weight excluding hydrogens is 268 g/mol. The lowest BCUT2D eigenvalue weighted by Gasteiger charge is -2.31. The Bertz CT molecular complexity index is 198. The monoisotopic (exact) mass is 294 g/mol. The van der Waals surface area contributed by atoms with E-state index >= 15 is 0 Å². The smallest absolute Gasteiger partial charge is 0.311 e. The van der Waals surface area contributed by atoms with Crippen molar-refractivity contribution in [2.45, 2.75) is 54.9 Å².